The molecule has 0 aromatic carbocycles. The first-order chi connectivity index (χ1) is 5.97. The maximum absolute atomic E-state index is 5.28. The first-order valence-corrected chi connectivity index (χ1v) is 4.17. The molecule has 0 aromatic heterocycles. The normalized spacial score (nSPS) is 20.7. The van der Waals surface area contributed by atoms with Crippen LogP contribution in [0.4, 0.5) is 0 Å². The molecule has 2 rings (SSSR count). The van der Waals surface area contributed by atoms with Crippen molar-refractivity contribution in [2.75, 3.05) is 6.61 Å². The first-order valence-electron chi connectivity index (χ1n) is 3.36. The Balaban J connectivity index is 2.17. The second-order valence-electron chi connectivity index (χ2n) is 2.07. The number of aliphatic imine (C=N–C) groups is 2. The van der Waals surface area contributed by atoms with Crippen LogP contribution < -0.4 is 0 Å². The topological polar surface area (TPSA) is 43.2 Å². The van der Waals surface area contributed by atoms with Gasteiger partial charge in [0.05, 0.1) is 18.2 Å². The third-order valence-electron chi connectivity index (χ3n) is 1.31. The highest BCUT2D eigenvalue weighted by Gasteiger charge is 2.09. The van der Waals surface area contributed by atoms with Crippen molar-refractivity contribution in [3.05, 3.63) is 23.1 Å². The molecule has 0 aromatic rings. The molecule has 12 heavy (non-hydrogen) atoms. The molecule has 62 valence electrons. The van der Waals surface area contributed by atoms with E-state index >= 15 is 0 Å². The standard InChI is InChI=1S/C7H6N2O2S/c1-2-10-7(3-8-1)6-4-12-11-5-9-6/h1,3-5H,2H2. The van der Waals surface area contributed by atoms with Crippen LogP contribution in [0.15, 0.2) is 33.0 Å². The molecule has 0 fully saturated rings. The molecular weight excluding hydrogens is 176 g/mol. The van der Waals surface area contributed by atoms with Crippen molar-refractivity contribution in [1.29, 1.82) is 0 Å². The lowest BCUT2D eigenvalue weighted by Gasteiger charge is -2.11. The van der Waals surface area contributed by atoms with Crippen LogP contribution >= 0.6 is 12.0 Å². The molecule has 5 heteroatoms. The van der Waals surface area contributed by atoms with E-state index in [0.29, 0.717) is 12.4 Å². The van der Waals surface area contributed by atoms with Gasteiger partial charge in [-0.1, -0.05) is 0 Å². The average Bonchev–Trinajstić information content (AvgIpc) is 2.21. The number of hydrogen-bond donors (Lipinski definition) is 0. The fraction of sp³-hybridized carbons (Fsp3) is 0.143. The van der Waals surface area contributed by atoms with Crippen molar-refractivity contribution < 1.29 is 8.92 Å². The summed E-state index contributed by atoms with van der Waals surface area (Å²) in [7, 11) is 0. The summed E-state index contributed by atoms with van der Waals surface area (Å²) in [6.45, 7) is 0.504. The van der Waals surface area contributed by atoms with Crippen LogP contribution in [0.2, 0.25) is 0 Å². The summed E-state index contributed by atoms with van der Waals surface area (Å²) in [5.74, 6) is 0.685. The van der Waals surface area contributed by atoms with E-state index in [9.17, 15) is 0 Å². The second-order valence-corrected chi connectivity index (χ2v) is 2.69. The van der Waals surface area contributed by atoms with Gasteiger partial charge in [0.25, 0.3) is 0 Å². The SMILES string of the molecule is C1=NC=C(C2=CSOC=N2)OC1. The smallest absolute Gasteiger partial charge is 0.192 e. The summed E-state index contributed by atoms with van der Waals surface area (Å²) in [4.78, 5) is 7.94. The Kier molecular flexibility index (Phi) is 2.13. The molecule has 0 N–H and O–H groups in total. The Morgan fingerprint density at radius 2 is 2.50 bits per heavy atom. The van der Waals surface area contributed by atoms with Gasteiger partial charge in [0.1, 0.15) is 12.3 Å². The summed E-state index contributed by atoms with van der Waals surface area (Å²) < 4.78 is 10.1. The predicted molar refractivity (Wildman–Crippen MR) is 47.8 cm³/mol. The van der Waals surface area contributed by atoms with Gasteiger partial charge in [0.2, 0.25) is 0 Å². The van der Waals surface area contributed by atoms with Gasteiger partial charge in [-0.2, -0.15) is 0 Å². The Hall–Kier alpha value is -1.23. The van der Waals surface area contributed by atoms with E-state index in [1.54, 1.807) is 17.8 Å². The number of hydrogen-bond acceptors (Lipinski definition) is 5. The van der Waals surface area contributed by atoms with E-state index < -0.39 is 0 Å². The highest BCUT2D eigenvalue weighted by atomic mass is 32.2. The summed E-state index contributed by atoms with van der Waals surface area (Å²) in [6, 6.07) is 0. The summed E-state index contributed by atoms with van der Waals surface area (Å²) in [6.07, 6.45) is 4.71. The fourth-order valence-electron chi connectivity index (χ4n) is 0.796. The van der Waals surface area contributed by atoms with E-state index in [-0.39, 0.29) is 0 Å². The molecule has 0 saturated heterocycles. The highest BCUT2D eigenvalue weighted by molar-refractivity contribution is 7.98. The first kappa shape index (κ1) is 7.42. The summed E-state index contributed by atoms with van der Waals surface area (Å²) >= 11 is 1.21. The molecule has 0 bridgehead atoms. The molecule has 0 atom stereocenters. The Bertz CT molecular complexity index is 294. The molecular formula is C7H6N2O2S. The molecule has 4 nitrogen and oxygen atoms in total. The third kappa shape index (κ3) is 1.50. The van der Waals surface area contributed by atoms with Crippen molar-refractivity contribution in [2.45, 2.75) is 0 Å². The second kappa shape index (κ2) is 3.44. The van der Waals surface area contributed by atoms with Gasteiger partial charge in [-0.15, -0.1) is 0 Å². The van der Waals surface area contributed by atoms with Crippen LogP contribution in [0.3, 0.4) is 0 Å². The monoisotopic (exact) mass is 182 g/mol. The van der Waals surface area contributed by atoms with Crippen molar-refractivity contribution in [3.8, 4) is 0 Å². The largest absolute Gasteiger partial charge is 0.484 e. The van der Waals surface area contributed by atoms with Gasteiger partial charge >= 0.3 is 0 Å². The van der Waals surface area contributed by atoms with Gasteiger partial charge in [-0.25, -0.2) is 4.99 Å². The van der Waals surface area contributed by atoms with E-state index in [2.05, 4.69) is 9.98 Å². The maximum atomic E-state index is 5.28. The molecule has 2 heterocycles. The molecule has 0 aliphatic carbocycles. The van der Waals surface area contributed by atoms with Crippen molar-refractivity contribution in [2.24, 2.45) is 9.98 Å². The van der Waals surface area contributed by atoms with E-state index in [0.717, 1.165) is 5.70 Å². The van der Waals surface area contributed by atoms with E-state index in [1.807, 2.05) is 0 Å². The summed E-state index contributed by atoms with van der Waals surface area (Å²) in [5.41, 5.74) is 0.753. The predicted octanol–water partition coefficient (Wildman–Crippen LogP) is 1.48. The van der Waals surface area contributed by atoms with Crippen LogP contribution in [0.25, 0.3) is 0 Å². The van der Waals surface area contributed by atoms with Gasteiger partial charge < -0.3 is 8.92 Å². The van der Waals surface area contributed by atoms with Gasteiger partial charge in [0.15, 0.2) is 12.2 Å². The lowest BCUT2D eigenvalue weighted by atomic mass is 10.4. The number of nitrogens with zero attached hydrogens (tertiary/aromatic N) is 2. The van der Waals surface area contributed by atoms with Crippen LogP contribution in [-0.2, 0) is 8.92 Å². The summed E-state index contributed by atoms with van der Waals surface area (Å²) in [5, 5.41) is 1.77. The van der Waals surface area contributed by atoms with Crippen LogP contribution in [0, 0.1) is 0 Å². The highest BCUT2D eigenvalue weighted by Crippen LogP contribution is 2.22. The zero-order valence-corrected chi connectivity index (χ0v) is 6.95. The number of rotatable bonds is 1. The molecule has 0 saturated carbocycles. The maximum Gasteiger partial charge on any atom is 0.192 e. The lowest BCUT2D eigenvalue weighted by molar-refractivity contribution is 0.265. The van der Waals surface area contributed by atoms with Gasteiger partial charge in [0, 0.05) is 11.6 Å². The number of ether oxygens (including phenoxy) is 1. The third-order valence-corrected chi connectivity index (χ3v) is 1.83. The molecule has 2 aliphatic heterocycles. The van der Waals surface area contributed by atoms with Crippen LogP contribution in [-0.4, -0.2) is 19.2 Å². The molecule has 2 aliphatic rings. The van der Waals surface area contributed by atoms with E-state index in [4.69, 9.17) is 8.92 Å². The minimum atomic E-state index is 0.504. The Morgan fingerprint density at radius 1 is 1.50 bits per heavy atom. The lowest BCUT2D eigenvalue weighted by Crippen LogP contribution is -2.03. The average molecular weight is 182 g/mol. The van der Waals surface area contributed by atoms with Crippen LogP contribution in [0.1, 0.15) is 0 Å². The zero-order chi connectivity index (χ0) is 8.23. The fourth-order valence-corrected chi connectivity index (χ4v) is 1.21. The molecule has 0 radical (unpaired) electrons. The minimum absolute atomic E-state index is 0.504. The van der Waals surface area contributed by atoms with Gasteiger partial charge in [-0.3, -0.25) is 4.99 Å². The Morgan fingerprint density at radius 3 is 3.17 bits per heavy atom. The molecule has 0 unspecified atom stereocenters. The van der Waals surface area contributed by atoms with E-state index in [1.165, 1.54) is 18.4 Å². The van der Waals surface area contributed by atoms with Crippen LogP contribution in [0.5, 0.6) is 0 Å². The quantitative estimate of drug-likeness (QED) is 0.577. The van der Waals surface area contributed by atoms with Crippen molar-refractivity contribution in [3.63, 3.8) is 0 Å². The Labute approximate surface area is 73.9 Å². The van der Waals surface area contributed by atoms with Gasteiger partial charge in [-0.05, 0) is 0 Å². The van der Waals surface area contributed by atoms with Crippen molar-refractivity contribution in [1.82, 2.24) is 0 Å². The molecule has 0 spiro atoms. The van der Waals surface area contributed by atoms with Crippen molar-refractivity contribution >= 4 is 24.7 Å². The minimum Gasteiger partial charge on any atom is -0.484 e. The molecule has 0 amide bonds. The zero-order valence-electron chi connectivity index (χ0n) is 6.14.